The van der Waals surface area contributed by atoms with Gasteiger partial charge in [-0.2, -0.15) is 0 Å². The van der Waals surface area contributed by atoms with E-state index in [-0.39, 0.29) is 23.9 Å². The van der Waals surface area contributed by atoms with Gasteiger partial charge in [0.2, 0.25) is 0 Å². The quantitative estimate of drug-likeness (QED) is 0.282. The number of likely N-dealkylation sites (tertiary alicyclic amines) is 2. The number of hydrogen-bond acceptors (Lipinski definition) is 7. The monoisotopic (exact) mass is 596 g/mol. The van der Waals surface area contributed by atoms with Crippen molar-refractivity contribution in [3.05, 3.63) is 76.5 Å². The predicted molar refractivity (Wildman–Crippen MR) is 177 cm³/mol. The Hall–Kier alpha value is -3.46. The first-order valence-electron chi connectivity index (χ1n) is 16.4. The molecule has 8 nitrogen and oxygen atoms in total. The highest BCUT2D eigenvalue weighted by Gasteiger charge is 2.30. The summed E-state index contributed by atoms with van der Waals surface area (Å²) in [4.78, 5) is 23.0. The molecule has 1 aliphatic carbocycles. The zero-order valence-electron chi connectivity index (χ0n) is 26.4. The molecular formula is C36H48N6O2. The number of carbonyl (C=O) groups is 1. The third kappa shape index (κ3) is 7.09. The van der Waals surface area contributed by atoms with Gasteiger partial charge in [-0.15, -0.1) is 0 Å². The van der Waals surface area contributed by atoms with Crippen molar-refractivity contribution < 1.29 is 9.53 Å². The van der Waals surface area contributed by atoms with Crippen LogP contribution in [0.4, 0.5) is 11.5 Å². The van der Waals surface area contributed by atoms with Gasteiger partial charge in [-0.3, -0.25) is 9.69 Å². The number of piperidine rings is 1. The highest BCUT2D eigenvalue weighted by atomic mass is 16.5. The maximum atomic E-state index is 13.4. The van der Waals surface area contributed by atoms with E-state index in [0.29, 0.717) is 12.2 Å². The Morgan fingerprint density at radius 2 is 1.70 bits per heavy atom. The number of aryl methyl sites for hydroxylation is 2. The molecule has 0 bridgehead atoms. The van der Waals surface area contributed by atoms with Crippen LogP contribution in [-0.4, -0.2) is 65.1 Å². The summed E-state index contributed by atoms with van der Waals surface area (Å²) >= 11 is 0. The van der Waals surface area contributed by atoms with Crippen LogP contribution in [0.2, 0.25) is 0 Å². The third-order valence-corrected chi connectivity index (χ3v) is 10.1. The van der Waals surface area contributed by atoms with Crippen LogP contribution in [0.15, 0.2) is 48.7 Å². The van der Waals surface area contributed by atoms with Gasteiger partial charge >= 0.3 is 0 Å². The number of ether oxygens (including phenoxy) is 1. The lowest BCUT2D eigenvalue weighted by Crippen LogP contribution is -2.43. The largest absolute Gasteiger partial charge is 0.398 e. The average molecular weight is 597 g/mol. The number of nitrogens with two attached hydrogens (primary N) is 2. The molecule has 0 radical (unpaired) electrons. The third-order valence-electron chi connectivity index (χ3n) is 10.1. The van der Waals surface area contributed by atoms with E-state index >= 15 is 0 Å². The molecule has 3 fully saturated rings. The number of nitrogens with one attached hydrogen (secondary N) is 1. The minimum absolute atomic E-state index is 0.0312. The van der Waals surface area contributed by atoms with Crippen molar-refractivity contribution in [1.29, 1.82) is 0 Å². The number of carbonyl (C=O) groups excluding carboxylic acids is 1. The van der Waals surface area contributed by atoms with Gasteiger partial charge in [-0.25, -0.2) is 4.98 Å². The molecule has 234 valence electrons. The van der Waals surface area contributed by atoms with Crippen molar-refractivity contribution in [1.82, 2.24) is 20.1 Å². The van der Waals surface area contributed by atoms with Gasteiger partial charge in [0.05, 0.1) is 24.3 Å². The first kappa shape index (κ1) is 30.6. The molecule has 5 N–H and O–H groups in total. The van der Waals surface area contributed by atoms with E-state index in [9.17, 15) is 4.79 Å². The Morgan fingerprint density at radius 3 is 2.45 bits per heavy atom. The lowest BCUT2D eigenvalue weighted by Gasteiger charge is -2.36. The first-order chi connectivity index (χ1) is 21.3. The summed E-state index contributed by atoms with van der Waals surface area (Å²) in [6.45, 7) is 10.4. The van der Waals surface area contributed by atoms with Crippen molar-refractivity contribution in [2.45, 2.75) is 90.1 Å². The standard InChI is InChI=1S/C36H48N6O2/c1-24-8-9-26(18-25(24)2)23-44-34-7-5-6-33(34)40-36(43)31-19-29(21-39-35(31)38)27-10-11-28(32(37)20-27)22-41-16-12-30(13-17-41)42-14-3-4-15-42/h8-11,18-21,30,33-34H,3-7,12-17,22-23,37H2,1-2H3,(H2,38,39)(H,40,43)/t33-,34-/m0/s1. The number of benzene rings is 2. The van der Waals surface area contributed by atoms with Gasteiger partial charge in [-0.1, -0.05) is 30.3 Å². The van der Waals surface area contributed by atoms with E-state index in [1.54, 1.807) is 6.20 Å². The van der Waals surface area contributed by atoms with E-state index < -0.39 is 0 Å². The average Bonchev–Trinajstić information content (AvgIpc) is 3.72. The van der Waals surface area contributed by atoms with Crippen LogP contribution < -0.4 is 16.8 Å². The van der Waals surface area contributed by atoms with E-state index in [1.165, 1.54) is 49.9 Å². The van der Waals surface area contributed by atoms with Crippen molar-refractivity contribution in [2.75, 3.05) is 37.6 Å². The van der Waals surface area contributed by atoms with Crippen molar-refractivity contribution in [3.63, 3.8) is 0 Å². The highest BCUT2D eigenvalue weighted by Crippen LogP contribution is 2.29. The normalized spacial score (nSPS) is 21.6. The Labute approximate surface area is 262 Å². The second kappa shape index (κ2) is 13.7. The molecule has 44 heavy (non-hydrogen) atoms. The summed E-state index contributed by atoms with van der Waals surface area (Å²) in [6.07, 6.45) is 9.67. The topological polar surface area (TPSA) is 110 Å². The Balaban J connectivity index is 1.06. The summed E-state index contributed by atoms with van der Waals surface area (Å²) in [7, 11) is 0. The van der Waals surface area contributed by atoms with Crippen molar-refractivity contribution >= 4 is 17.4 Å². The smallest absolute Gasteiger partial charge is 0.255 e. The Kier molecular flexibility index (Phi) is 9.50. The fourth-order valence-electron chi connectivity index (χ4n) is 7.16. The van der Waals surface area contributed by atoms with Crippen LogP contribution in [0.5, 0.6) is 0 Å². The lowest BCUT2D eigenvalue weighted by molar-refractivity contribution is 0.0272. The van der Waals surface area contributed by atoms with Gasteiger partial charge < -0.3 is 26.4 Å². The predicted octanol–water partition coefficient (Wildman–Crippen LogP) is 5.46. The molecule has 6 rings (SSSR count). The molecule has 2 aliphatic heterocycles. The molecule has 3 aromatic rings. The zero-order valence-corrected chi connectivity index (χ0v) is 26.4. The molecule has 2 saturated heterocycles. The molecule has 2 aromatic carbocycles. The van der Waals surface area contributed by atoms with Gasteiger partial charge in [0, 0.05) is 30.0 Å². The van der Waals surface area contributed by atoms with Gasteiger partial charge in [-0.05, 0) is 125 Å². The number of nitrogen functional groups attached to an aromatic ring is 2. The summed E-state index contributed by atoms with van der Waals surface area (Å²) in [6, 6.07) is 15.1. The Morgan fingerprint density at radius 1 is 0.909 bits per heavy atom. The molecule has 1 amide bonds. The number of pyridine rings is 1. The van der Waals surface area contributed by atoms with Crippen LogP contribution in [0.1, 0.15) is 77.6 Å². The van der Waals surface area contributed by atoms with Crippen LogP contribution in [0.3, 0.4) is 0 Å². The molecule has 0 spiro atoms. The maximum absolute atomic E-state index is 13.4. The van der Waals surface area contributed by atoms with E-state index in [1.807, 2.05) is 12.1 Å². The van der Waals surface area contributed by atoms with E-state index in [0.717, 1.165) is 72.9 Å². The van der Waals surface area contributed by atoms with E-state index in [4.69, 9.17) is 16.2 Å². The molecule has 0 unspecified atom stereocenters. The van der Waals surface area contributed by atoms with Gasteiger partial charge in [0.1, 0.15) is 5.82 Å². The van der Waals surface area contributed by atoms with Crippen molar-refractivity contribution in [3.8, 4) is 11.1 Å². The van der Waals surface area contributed by atoms with E-state index in [2.05, 4.69) is 64.3 Å². The molecular weight excluding hydrogens is 548 g/mol. The molecule has 2 atom stereocenters. The summed E-state index contributed by atoms with van der Waals surface area (Å²) < 4.78 is 6.28. The fourth-order valence-corrected chi connectivity index (χ4v) is 7.16. The molecule has 8 heteroatoms. The number of rotatable bonds is 9. The van der Waals surface area contributed by atoms with Gasteiger partial charge in [0.25, 0.3) is 5.91 Å². The van der Waals surface area contributed by atoms with Crippen LogP contribution in [0, 0.1) is 13.8 Å². The Bertz CT molecular complexity index is 1460. The summed E-state index contributed by atoms with van der Waals surface area (Å²) in [5.41, 5.74) is 20.5. The number of amides is 1. The fraction of sp³-hybridized carbons (Fsp3) is 0.500. The van der Waals surface area contributed by atoms with Crippen LogP contribution in [-0.2, 0) is 17.9 Å². The zero-order chi connectivity index (χ0) is 30.6. The number of aromatic nitrogens is 1. The summed E-state index contributed by atoms with van der Waals surface area (Å²) in [5.74, 6) is 0.00391. The lowest BCUT2D eigenvalue weighted by atomic mass is 10.00. The molecule has 3 aliphatic rings. The second-order valence-electron chi connectivity index (χ2n) is 13.1. The molecule has 3 heterocycles. The minimum atomic E-state index is -0.217. The van der Waals surface area contributed by atoms with Crippen LogP contribution >= 0.6 is 0 Å². The second-order valence-corrected chi connectivity index (χ2v) is 13.1. The molecule has 1 aromatic heterocycles. The number of anilines is 2. The number of nitrogens with zero attached hydrogens (tertiary/aromatic N) is 3. The van der Waals surface area contributed by atoms with Gasteiger partial charge in [0.15, 0.2) is 0 Å². The first-order valence-corrected chi connectivity index (χ1v) is 16.4. The van der Waals surface area contributed by atoms with Crippen molar-refractivity contribution in [2.24, 2.45) is 0 Å². The SMILES string of the molecule is Cc1ccc(CO[C@H]2CCC[C@@H]2NC(=O)c2cc(-c3ccc(CN4CCC(N5CCCC5)CC4)c(N)c3)cnc2N)cc1C. The van der Waals surface area contributed by atoms with Crippen LogP contribution in [0.25, 0.3) is 11.1 Å². The maximum Gasteiger partial charge on any atom is 0.255 e. The highest BCUT2D eigenvalue weighted by molar-refractivity contribution is 5.99. The minimum Gasteiger partial charge on any atom is -0.398 e. The molecule has 1 saturated carbocycles. The summed E-state index contributed by atoms with van der Waals surface area (Å²) in [5, 5.41) is 3.19. The number of hydrogen-bond donors (Lipinski definition) is 3.